The molecule has 0 atom stereocenters. The summed E-state index contributed by atoms with van der Waals surface area (Å²) in [6.07, 6.45) is -4.60. The van der Waals surface area contributed by atoms with Gasteiger partial charge in [0, 0.05) is 11.6 Å². The van der Waals surface area contributed by atoms with E-state index < -0.39 is 23.7 Å². The maximum atomic E-state index is 13.7. The predicted octanol–water partition coefficient (Wildman–Crippen LogP) is 4.56. The van der Waals surface area contributed by atoms with Gasteiger partial charge in [-0.2, -0.15) is 13.2 Å². The van der Waals surface area contributed by atoms with Crippen LogP contribution in [-0.4, -0.2) is 16.1 Å². The number of rotatable bonds is 4. The van der Waals surface area contributed by atoms with Crippen molar-refractivity contribution in [2.75, 3.05) is 0 Å². The van der Waals surface area contributed by atoms with E-state index in [9.17, 15) is 22.4 Å². The fourth-order valence-corrected chi connectivity index (χ4v) is 2.33. The number of ether oxygens (including phenoxy) is 1. The molecule has 1 aromatic carbocycles. The van der Waals surface area contributed by atoms with Gasteiger partial charge in [-0.05, 0) is 31.2 Å². The van der Waals surface area contributed by atoms with Crippen molar-refractivity contribution in [2.45, 2.75) is 19.7 Å². The lowest BCUT2D eigenvalue weighted by molar-refractivity contribution is -0.141. The number of esters is 1. The number of alkyl halides is 3. The molecule has 0 saturated carbocycles. The van der Waals surface area contributed by atoms with Gasteiger partial charge in [-0.3, -0.25) is 0 Å². The summed E-state index contributed by atoms with van der Waals surface area (Å²) in [4.78, 5) is 15.4. The first-order chi connectivity index (χ1) is 12.8. The molecule has 0 unspecified atom stereocenters. The molecule has 0 N–H and O–H groups in total. The minimum Gasteiger partial charge on any atom is -0.454 e. The van der Waals surface area contributed by atoms with Gasteiger partial charge in [0.25, 0.3) is 0 Å². The molecule has 27 heavy (non-hydrogen) atoms. The van der Waals surface area contributed by atoms with Crippen LogP contribution in [0.25, 0.3) is 11.3 Å². The molecular weight excluding hydrogens is 368 g/mol. The topological polar surface area (TPSA) is 65.2 Å². The third-order valence-electron chi connectivity index (χ3n) is 3.65. The summed E-state index contributed by atoms with van der Waals surface area (Å²) in [5.41, 5.74) is -0.856. The Morgan fingerprint density at radius 1 is 1.19 bits per heavy atom. The highest BCUT2D eigenvalue weighted by Gasteiger charge is 2.33. The monoisotopic (exact) mass is 380 g/mol. The average Bonchev–Trinajstić information content (AvgIpc) is 3.08. The second kappa shape index (κ2) is 7.18. The molecule has 0 spiro atoms. The summed E-state index contributed by atoms with van der Waals surface area (Å²) in [5.74, 6) is -1.20. The molecule has 2 heterocycles. The van der Waals surface area contributed by atoms with E-state index in [0.29, 0.717) is 6.07 Å². The molecule has 0 fully saturated rings. The number of aryl methyl sites for hydroxylation is 1. The van der Waals surface area contributed by atoms with Crippen LogP contribution in [0, 0.1) is 12.7 Å². The lowest BCUT2D eigenvalue weighted by Crippen LogP contribution is -2.13. The smallest absolute Gasteiger partial charge is 0.433 e. The van der Waals surface area contributed by atoms with Gasteiger partial charge in [-0.1, -0.05) is 17.3 Å². The Bertz CT molecular complexity index is 983. The second-order valence-electron chi connectivity index (χ2n) is 5.56. The van der Waals surface area contributed by atoms with Crippen molar-refractivity contribution in [3.63, 3.8) is 0 Å². The number of pyridine rings is 1. The highest BCUT2D eigenvalue weighted by Crippen LogP contribution is 2.28. The summed E-state index contributed by atoms with van der Waals surface area (Å²) < 4.78 is 61.6. The first-order valence-electron chi connectivity index (χ1n) is 7.68. The van der Waals surface area contributed by atoms with E-state index in [2.05, 4.69) is 10.1 Å². The van der Waals surface area contributed by atoms with Crippen LogP contribution in [0.3, 0.4) is 0 Å². The van der Waals surface area contributed by atoms with Crippen LogP contribution in [0.2, 0.25) is 0 Å². The molecule has 140 valence electrons. The third kappa shape index (κ3) is 4.13. The molecular formula is C18H12F4N2O3. The molecule has 0 aliphatic rings. The van der Waals surface area contributed by atoms with Crippen LogP contribution >= 0.6 is 0 Å². The van der Waals surface area contributed by atoms with Crippen molar-refractivity contribution in [2.24, 2.45) is 0 Å². The van der Waals surface area contributed by atoms with Crippen LogP contribution in [-0.2, 0) is 17.5 Å². The first kappa shape index (κ1) is 18.6. The fourth-order valence-electron chi connectivity index (χ4n) is 2.33. The average molecular weight is 380 g/mol. The van der Waals surface area contributed by atoms with E-state index in [0.717, 1.165) is 6.07 Å². The largest absolute Gasteiger partial charge is 0.454 e. The molecule has 5 nitrogen and oxygen atoms in total. The SMILES string of the molecule is Cc1nc(C(F)(F)F)ccc1C(=O)OCc1cc(-c2ccccc2F)no1. The number of benzene rings is 1. The number of nitrogens with zero attached hydrogens (tertiary/aromatic N) is 2. The molecule has 0 saturated heterocycles. The molecule has 0 radical (unpaired) electrons. The minimum absolute atomic E-state index is 0.100. The van der Waals surface area contributed by atoms with Crippen LogP contribution in [0.1, 0.15) is 27.5 Å². The summed E-state index contributed by atoms with van der Waals surface area (Å²) in [6.45, 7) is 0.956. The van der Waals surface area contributed by atoms with Crippen molar-refractivity contribution in [1.29, 1.82) is 0 Å². The highest BCUT2D eigenvalue weighted by molar-refractivity contribution is 5.90. The minimum atomic E-state index is -4.60. The van der Waals surface area contributed by atoms with Gasteiger partial charge in [-0.15, -0.1) is 0 Å². The van der Waals surface area contributed by atoms with Gasteiger partial charge < -0.3 is 9.26 Å². The molecule has 0 amide bonds. The van der Waals surface area contributed by atoms with E-state index >= 15 is 0 Å². The summed E-state index contributed by atoms with van der Waals surface area (Å²) in [5, 5.41) is 3.71. The Labute approximate surface area is 150 Å². The number of aromatic nitrogens is 2. The van der Waals surface area contributed by atoms with Gasteiger partial charge in [0.15, 0.2) is 12.4 Å². The maximum Gasteiger partial charge on any atom is 0.433 e. The third-order valence-corrected chi connectivity index (χ3v) is 3.65. The van der Waals surface area contributed by atoms with Gasteiger partial charge >= 0.3 is 12.1 Å². The first-order valence-corrected chi connectivity index (χ1v) is 7.68. The zero-order valence-corrected chi connectivity index (χ0v) is 13.9. The Balaban J connectivity index is 1.69. The zero-order valence-electron chi connectivity index (χ0n) is 13.9. The van der Waals surface area contributed by atoms with Gasteiger partial charge in [0.05, 0.1) is 11.3 Å². The Hall–Kier alpha value is -3.23. The highest BCUT2D eigenvalue weighted by atomic mass is 19.4. The van der Waals surface area contributed by atoms with Gasteiger partial charge in [-0.25, -0.2) is 14.2 Å². The molecule has 0 aliphatic heterocycles. The molecule has 2 aromatic heterocycles. The van der Waals surface area contributed by atoms with Crippen LogP contribution in [0.5, 0.6) is 0 Å². The van der Waals surface area contributed by atoms with Crippen molar-refractivity contribution in [3.05, 3.63) is 71.0 Å². The van der Waals surface area contributed by atoms with E-state index in [4.69, 9.17) is 9.26 Å². The predicted molar refractivity (Wildman–Crippen MR) is 85.0 cm³/mol. The molecule has 9 heteroatoms. The number of hydrogen-bond acceptors (Lipinski definition) is 5. The van der Waals surface area contributed by atoms with Crippen molar-refractivity contribution in [1.82, 2.24) is 10.1 Å². The Kier molecular flexibility index (Phi) is 4.93. The number of hydrogen-bond donors (Lipinski definition) is 0. The van der Waals surface area contributed by atoms with E-state index in [-0.39, 0.29) is 34.9 Å². The van der Waals surface area contributed by atoms with Crippen LogP contribution in [0.4, 0.5) is 17.6 Å². The quantitative estimate of drug-likeness (QED) is 0.490. The number of carbonyl (C=O) groups excluding carboxylic acids is 1. The standard InChI is InChI=1S/C18H12F4N2O3/c1-10-12(6-7-16(23-10)18(20,21)22)17(25)26-9-11-8-15(24-27-11)13-4-2-3-5-14(13)19/h2-8H,9H2,1H3. The normalized spacial score (nSPS) is 11.4. The second-order valence-corrected chi connectivity index (χ2v) is 5.56. The van der Waals surface area contributed by atoms with E-state index in [1.807, 2.05) is 0 Å². The Morgan fingerprint density at radius 3 is 2.59 bits per heavy atom. The van der Waals surface area contributed by atoms with Gasteiger partial charge in [0.2, 0.25) is 0 Å². The number of halogens is 4. The van der Waals surface area contributed by atoms with E-state index in [1.54, 1.807) is 6.07 Å². The Morgan fingerprint density at radius 2 is 1.93 bits per heavy atom. The zero-order chi connectivity index (χ0) is 19.6. The van der Waals surface area contributed by atoms with E-state index in [1.165, 1.54) is 31.2 Å². The summed E-state index contributed by atoms with van der Waals surface area (Å²) in [7, 11) is 0. The van der Waals surface area contributed by atoms with Crippen molar-refractivity contribution >= 4 is 5.97 Å². The van der Waals surface area contributed by atoms with Crippen molar-refractivity contribution in [3.8, 4) is 11.3 Å². The number of carbonyl (C=O) groups is 1. The lowest BCUT2D eigenvalue weighted by Gasteiger charge is -2.09. The van der Waals surface area contributed by atoms with Crippen LogP contribution < -0.4 is 0 Å². The maximum absolute atomic E-state index is 13.7. The summed E-state index contributed by atoms with van der Waals surface area (Å²) >= 11 is 0. The fraction of sp³-hybridized carbons (Fsp3) is 0.167. The molecule has 3 aromatic rings. The summed E-state index contributed by atoms with van der Waals surface area (Å²) in [6, 6.07) is 9.05. The molecule has 0 bridgehead atoms. The lowest BCUT2D eigenvalue weighted by atomic mass is 10.1. The van der Waals surface area contributed by atoms with Crippen LogP contribution in [0.15, 0.2) is 47.0 Å². The van der Waals surface area contributed by atoms with Gasteiger partial charge in [0.1, 0.15) is 17.2 Å². The molecule has 0 aliphatic carbocycles. The van der Waals surface area contributed by atoms with Crippen molar-refractivity contribution < 1.29 is 31.6 Å². The molecule has 3 rings (SSSR count).